The van der Waals surface area contributed by atoms with Crippen molar-refractivity contribution in [3.8, 4) is 0 Å². The van der Waals surface area contributed by atoms with Gasteiger partial charge in [-0.15, -0.1) is 0 Å². The molecular weight excluding hydrogens is 339 g/mol. The van der Waals surface area contributed by atoms with Crippen LogP contribution in [-0.4, -0.2) is 47.1 Å². The highest BCUT2D eigenvalue weighted by atomic mass is 127. The van der Waals surface area contributed by atoms with Crippen LogP contribution in [-0.2, 0) is 0 Å². The fourth-order valence-corrected chi connectivity index (χ4v) is 3.75. The van der Waals surface area contributed by atoms with Gasteiger partial charge in [0.2, 0.25) is 0 Å². The number of nitrogens with zero attached hydrogens (tertiary/aromatic N) is 4. The fourth-order valence-electron chi connectivity index (χ4n) is 3.11. The van der Waals surface area contributed by atoms with Gasteiger partial charge in [0, 0.05) is 38.4 Å². The van der Waals surface area contributed by atoms with Gasteiger partial charge in [0.15, 0.2) is 0 Å². The van der Waals surface area contributed by atoms with Gasteiger partial charge in [-0.3, -0.25) is 4.90 Å². The highest BCUT2D eigenvalue weighted by Gasteiger charge is 2.26. The van der Waals surface area contributed by atoms with E-state index >= 15 is 0 Å². The van der Waals surface area contributed by atoms with Crippen molar-refractivity contribution >= 4 is 28.4 Å². The minimum atomic E-state index is 0.858. The lowest BCUT2D eigenvalue weighted by Gasteiger charge is -2.38. The van der Waals surface area contributed by atoms with Gasteiger partial charge in [-0.25, -0.2) is 9.97 Å². The van der Waals surface area contributed by atoms with Gasteiger partial charge in [-0.2, -0.15) is 0 Å². The van der Waals surface area contributed by atoms with Crippen molar-refractivity contribution in [3.05, 3.63) is 16.1 Å². The van der Waals surface area contributed by atoms with Crippen LogP contribution in [0.15, 0.2) is 12.5 Å². The highest BCUT2D eigenvalue weighted by Crippen LogP contribution is 2.26. The molecular formula is C13H19IN4. The summed E-state index contributed by atoms with van der Waals surface area (Å²) in [5, 5.41) is 0. The van der Waals surface area contributed by atoms with Gasteiger partial charge in [-0.05, 0) is 35.4 Å². The summed E-state index contributed by atoms with van der Waals surface area (Å²) in [5.41, 5.74) is 0. The van der Waals surface area contributed by atoms with Crippen LogP contribution < -0.4 is 4.90 Å². The molecule has 1 aromatic rings. The molecule has 0 bridgehead atoms. The summed E-state index contributed by atoms with van der Waals surface area (Å²) < 4.78 is 1.16. The SMILES string of the molecule is Ic1cncnc1N1CCN(C2CCCC2)CC1. The Labute approximate surface area is 122 Å². The minimum absolute atomic E-state index is 0.858. The normalized spacial score (nSPS) is 22.6. The Morgan fingerprint density at radius 3 is 2.50 bits per heavy atom. The zero-order valence-corrected chi connectivity index (χ0v) is 12.7. The van der Waals surface area contributed by atoms with Gasteiger partial charge < -0.3 is 4.90 Å². The first-order valence-electron chi connectivity index (χ1n) is 6.79. The van der Waals surface area contributed by atoms with E-state index < -0.39 is 0 Å². The van der Waals surface area contributed by atoms with Crippen molar-refractivity contribution in [2.45, 2.75) is 31.7 Å². The topological polar surface area (TPSA) is 32.3 Å². The molecule has 98 valence electrons. The van der Waals surface area contributed by atoms with E-state index in [4.69, 9.17) is 0 Å². The maximum Gasteiger partial charge on any atom is 0.145 e. The van der Waals surface area contributed by atoms with Crippen molar-refractivity contribution < 1.29 is 0 Å². The number of anilines is 1. The molecule has 18 heavy (non-hydrogen) atoms. The first-order valence-corrected chi connectivity index (χ1v) is 7.87. The smallest absolute Gasteiger partial charge is 0.145 e. The van der Waals surface area contributed by atoms with Crippen LogP contribution in [0.4, 0.5) is 5.82 Å². The highest BCUT2D eigenvalue weighted by molar-refractivity contribution is 14.1. The molecule has 0 N–H and O–H groups in total. The summed E-state index contributed by atoms with van der Waals surface area (Å²) in [6, 6.07) is 0.858. The Morgan fingerprint density at radius 2 is 1.83 bits per heavy atom. The average Bonchev–Trinajstić information content (AvgIpc) is 2.94. The molecule has 3 rings (SSSR count). The number of hydrogen-bond donors (Lipinski definition) is 0. The molecule has 2 heterocycles. The van der Waals surface area contributed by atoms with E-state index in [1.165, 1.54) is 38.8 Å². The van der Waals surface area contributed by atoms with Crippen molar-refractivity contribution in [2.24, 2.45) is 0 Å². The second-order valence-electron chi connectivity index (χ2n) is 5.16. The second-order valence-corrected chi connectivity index (χ2v) is 6.32. The van der Waals surface area contributed by atoms with Crippen LogP contribution in [0.25, 0.3) is 0 Å². The maximum atomic E-state index is 4.41. The van der Waals surface area contributed by atoms with E-state index in [9.17, 15) is 0 Å². The molecule has 1 aliphatic heterocycles. The van der Waals surface area contributed by atoms with Gasteiger partial charge in [0.1, 0.15) is 12.1 Å². The van der Waals surface area contributed by atoms with Crippen molar-refractivity contribution in [3.63, 3.8) is 0 Å². The Bertz CT molecular complexity index is 398. The number of halogens is 1. The molecule has 0 unspecified atom stereocenters. The number of aromatic nitrogens is 2. The van der Waals surface area contributed by atoms with E-state index in [-0.39, 0.29) is 0 Å². The second kappa shape index (κ2) is 5.69. The van der Waals surface area contributed by atoms with Gasteiger partial charge in [0.25, 0.3) is 0 Å². The lowest BCUT2D eigenvalue weighted by Crippen LogP contribution is -2.50. The monoisotopic (exact) mass is 358 g/mol. The van der Waals surface area contributed by atoms with Gasteiger partial charge in [0.05, 0.1) is 3.57 Å². The van der Waals surface area contributed by atoms with Crippen LogP contribution in [0.5, 0.6) is 0 Å². The predicted molar refractivity (Wildman–Crippen MR) is 80.8 cm³/mol. The van der Waals surface area contributed by atoms with Gasteiger partial charge >= 0.3 is 0 Å². The Kier molecular flexibility index (Phi) is 3.98. The third-order valence-corrected chi connectivity index (χ3v) is 4.86. The van der Waals surface area contributed by atoms with Crippen LogP contribution >= 0.6 is 22.6 Å². The molecule has 1 aromatic heterocycles. The first kappa shape index (κ1) is 12.6. The molecule has 5 heteroatoms. The van der Waals surface area contributed by atoms with Gasteiger partial charge in [-0.1, -0.05) is 12.8 Å². The fraction of sp³-hybridized carbons (Fsp3) is 0.692. The summed E-state index contributed by atoms with van der Waals surface area (Å²) in [6.07, 6.45) is 9.21. The Morgan fingerprint density at radius 1 is 1.11 bits per heavy atom. The number of rotatable bonds is 2. The van der Waals surface area contributed by atoms with Crippen LogP contribution in [0.1, 0.15) is 25.7 Å². The zero-order chi connectivity index (χ0) is 12.4. The summed E-state index contributed by atoms with van der Waals surface area (Å²) in [4.78, 5) is 13.6. The first-order chi connectivity index (χ1) is 8.84. The number of piperazine rings is 1. The molecule has 2 fully saturated rings. The minimum Gasteiger partial charge on any atom is -0.353 e. The summed E-state index contributed by atoms with van der Waals surface area (Å²) in [6.45, 7) is 4.57. The molecule has 0 amide bonds. The lowest BCUT2D eigenvalue weighted by molar-refractivity contribution is 0.187. The average molecular weight is 358 g/mol. The third-order valence-electron chi connectivity index (χ3n) is 4.10. The third kappa shape index (κ3) is 2.61. The molecule has 1 saturated heterocycles. The molecule has 4 nitrogen and oxygen atoms in total. The van der Waals surface area contributed by atoms with E-state index in [0.717, 1.165) is 28.5 Å². The Balaban J connectivity index is 1.61. The predicted octanol–water partition coefficient (Wildman–Crippen LogP) is 2.15. The van der Waals surface area contributed by atoms with Crippen molar-refractivity contribution in [2.75, 3.05) is 31.1 Å². The molecule has 1 aliphatic carbocycles. The molecule has 0 spiro atoms. The zero-order valence-electron chi connectivity index (χ0n) is 10.6. The maximum absolute atomic E-state index is 4.41. The molecule has 1 saturated carbocycles. The van der Waals surface area contributed by atoms with E-state index in [0.29, 0.717) is 0 Å². The Hall–Kier alpha value is -0.430. The molecule has 0 radical (unpaired) electrons. The van der Waals surface area contributed by atoms with Crippen molar-refractivity contribution in [1.29, 1.82) is 0 Å². The van der Waals surface area contributed by atoms with Crippen LogP contribution in [0.3, 0.4) is 0 Å². The quantitative estimate of drug-likeness (QED) is 0.759. The summed E-state index contributed by atoms with van der Waals surface area (Å²) in [7, 11) is 0. The molecule has 0 aromatic carbocycles. The summed E-state index contributed by atoms with van der Waals surface area (Å²) >= 11 is 2.33. The van der Waals surface area contributed by atoms with E-state index in [1.54, 1.807) is 6.33 Å². The molecule has 0 atom stereocenters. The van der Waals surface area contributed by atoms with E-state index in [1.807, 2.05) is 6.20 Å². The molecule has 2 aliphatic rings. The van der Waals surface area contributed by atoms with Crippen molar-refractivity contribution in [1.82, 2.24) is 14.9 Å². The standard InChI is InChI=1S/C13H19IN4/c14-12-9-15-10-16-13(12)18-7-5-17(6-8-18)11-3-1-2-4-11/h9-11H,1-8H2. The lowest BCUT2D eigenvalue weighted by atomic mass is 10.2. The van der Waals surface area contributed by atoms with E-state index in [2.05, 4.69) is 42.4 Å². The largest absolute Gasteiger partial charge is 0.353 e. The van der Waals surface area contributed by atoms with Crippen LogP contribution in [0.2, 0.25) is 0 Å². The summed E-state index contributed by atoms with van der Waals surface area (Å²) in [5.74, 6) is 1.11. The number of hydrogen-bond acceptors (Lipinski definition) is 4. The van der Waals surface area contributed by atoms with Crippen LogP contribution in [0, 0.1) is 3.57 Å².